The molecule has 0 spiro atoms. The van der Waals surface area contributed by atoms with Crippen molar-refractivity contribution >= 4 is 35.2 Å². The number of imide groups is 1. The van der Waals surface area contributed by atoms with Gasteiger partial charge in [0.15, 0.2) is 0 Å². The van der Waals surface area contributed by atoms with Gasteiger partial charge in [0.25, 0.3) is 5.91 Å². The van der Waals surface area contributed by atoms with Gasteiger partial charge in [-0.2, -0.15) is 0 Å². The molecule has 38 heavy (non-hydrogen) atoms. The number of rotatable bonds is 7. The minimum absolute atomic E-state index is 0.170. The van der Waals surface area contributed by atoms with E-state index < -0.39 is 35.2 Å². The molecule has 1 aliphatic rings. The SMILES string of the molecule is CC(C)(C)[C@]1(c2c(Cl)cccc2Cl)N(C(=O)O)C(=O)C([C@@H](O)Cc2ccccc2)N1CCc1ccccc1. The van der Waals surface area contributed by atoms with Crippen molar-refractivity contribution in [3.05, 3.63) is 106 Å². The molecule has 0 radical (unpaired) electrons. The molecule has 3 atom stereocenters. The van der Waals surface area contributed by atoms with E-state index in [9.17, 15) is 19.8 Å². The van der Waals surface area contributed by atoms with Gasteiger partial charge in [0.1, 0.15) is 11.7 Å². The first-order valence-electron chi connectivity index (χ1n) is 12.5. The van der Waals surface area contributed by atoms with Crippen LogP contribution in [0, 0.1) is 5.41 Å². The Labute approximate surface area is 233 Å². The van der Waals surface area contributed by atoms with Crippen molar-refractivity contribution in [1.29, 1.82) is 0 Å². The predicted molar refractivity (Wildman–Crippen MR) is 149 cm³/mol. The van der Waals surface area contributed by atoms with Gasteiger partial charge in [-0.05, 0) is 29.7 Å². The maximum Gasteiger partial charge on any atom is 0.415 e. The number of hydrogen-bond donors (Lipinski definition) is 2. The van der Waals surface area contributed by atoms with E-state index in [1.807, 2.05) is 81.4 Å². The molecule has 6 nitrogen and oxygen atoms in total. The maximum absolute atomic E-state index is 14.1. The number of aliphatic hydroxyl groups excluding tert-OH is 1. The zero-order chi connectivity index (χ0) is 27.7. The quantitative estimate of drug-likeness (QED) is 0.361. The van der Waals surface area contributed by atoms with E-state index in [0.29, 0.717) is 12.0 Å². The van der Waals surface area contributed by atoms with E-state index >= 15 is 0 Å². The maximum atomic E-state index is 14.1. The Morgan fingerprint density at radius 2 is 1.45 bits per heavy atom. The van der Waals surface area contributed by atoms with Gasteiger partial charge in [-0.15, -0.1) is 0 Å². The highest BCUT2D eigenvalue weighted by Gasteiger charge is 2.67. The van der Waals surface area contributed by atoms with Crippen LogP contribution in [0.15, 0.2) is 78.9 Å². The van der Waals surface area contributed by atoms with Crippen LogP contribution in [0.4, 0.5) is 4.79 Å². The monoisotopic (exact) mass is 554 g/mol. The summed E-state index contributed by atoms with van der Waals surface area (Å²) < 4.78 is 0. The lowest BCUT2D eigenvalue weighted by Gasteiger charge is -2.52. The van der Waals surface area contributed by atoms with Gasteiger partial charge >= 0.3 is 6.09 Å². The number of halogens is 2. The largest absolute Gasteiger partial charge is 0.465 e. The normalized spacial score (nSPS) is 21.1. The highest BCUT2D eigenvalue weighted by atomic mass is 35.5. The van der Waals surface area contributed by atoms with Gasteiger partial charge in [0.05, 0.1) is 6.10 Å². The molecule has 1 unspecified atom stereocenters. The predicted octanol–water partition coefficient (Wildman–Crippen LogP) is 6.23. The lowest BCUT2D eigenvalue weighted by Crippen LogP contribution is -2.62. The van der Waals surface area contributed by atoms with Crippen LogP contribution < -0.4 is 0 Å². The molecule has 0 aromatic heterocycles. The summed E-state index contributed by atoms with van der Waals surface area (Å²) in [6, 6.07) is 22.9. The van der Waals surface area contributed by atoms with Crippen LogP contribution in [0.25, 0.3) is 0 Å². The Balaban J connectivity index is 1.95. The number of hydrogen-bond acceptors (Lipinski definition) is 4. The fourth-order valence-electron chi connectivity index (χ4n) is 5.75. The summed E-state index contributed by atoms with van der Waals surface area (Å²) >= 11 is 13.5. The van der Waals surface area contributed by atoms with Crippen molar-refractivity contribution in [2.45, 2.75) is 51.4 Å². The minimum atomic E-state index is -1.59. The second-order valence-corrected chi connectivity index (χ2v) is 11.4. The number of carbonyl (C=O) groups excluding carboxylic acids is 1. The van der Waals surface area contributed by atoms with Crippen molar-refractivity contribution in [3.63, 3.8) is 0 Å². The average Bonchev–Trinajstić information content (AvgIpc) is 3.13. The van der Waals surface area contributed by atoms with Gasteiger partial charge < -0.3 is 10.2 Å². The van der Waals surface area contributed by atoms with E-state index in [4.69, 9.17) is 23.2 Å². The molecule has 0 aliphatic carbocycles. The average molecular weight is 556 g/mol. The summed E-state index contributed by atoms with van der Waals surface area (Å²) in [7, 11) is 0. The number of carbonyl (C=O) groups is 2. The molecule has 2 amide bonds. The van der Waals surface area contributed by atoms with Crippen LogP contribution in [0.1, 0.15) is 37.5 Å². The smallest absolute Gasteiger partial charge is 0.415 e. The van der Waals surface area contributed by atoms with Crippen LogP contribution >= 0.6 is 23.2 Å². The fraction of sp³-hybridized carbons (Fsp3) is 0.333. The highest BCUT2D eigenvalue weighted by molar-refractivity contribution is 6.36. The van der Waals surface area contributed by atoms with E-state index in [1.54, 1.807) is 23.1 Å². The topological polar surface area (TPSA) is 81.1 Å². The van der Waals surface area contributed by atoms with E-state index in [2.05, 4.69) is 0 Å². The molecule has 3 aromatic rings. The molecule has 1 aliphatic heterocycles. The van der Waals surface area contributed by atoms with Gasteiger partial charge in [0.2, 0.25) is 0 Å². The fourth-order valence-corrected chi connectivity index (χ4v) is 6.41. The number of carboxylic acid groups (broad SMARTS) is 1. The molecule has 8 heteroatoms. The summed E-state index contributed by atoms with van der Waals surface area (Å²) in [5.74, 6) is -0.708. The summed E-state index contributed by atoms with van der Waals surface area (Å²) in [4.78, 5) is 29.7. The highest BCUT2D eigenvalue weighted by Crippen LogP contribution is 2.56. The first-order chi connectivity index (χ1) is 18.0. The van der Waals surface area contributed by atoms with E-state index in [-0.39, 0.29) is 23.0 Å². The van der Waals surface area contributed by atoms with E-state index in [1.165, 1.54) is 0 Å². The standard InChI is InChI=1S/C30H32Cl2N2O4/c1-29(2,3)30(25-22(31)15-10-16-23(25)32)33(18-17-20-11-6-4-7-12-20)26(27(36)34(30)28(37)38)24(35)19-21-13-8-5-9-14-21/h4-16,24,26,35H,17-19H2,1-3H3,(H,37,38)/t24-,26?,30-/m0/s1. The van der Waals surface area contributed by atoms with Gasteiger partial charge in [-0.1, -0.05) is 111 Å². The van der Waals surface area contributed by atoms with Crippen molar-refractivity contribution in [2.75, 3.05) is 6.54 Å². The summed E-state index contributed by atoms with van der Waals surface area (Å²) in [5, 5.41) is 22.6. The summed E-state index contributed by atoms with van der Waals surface area (Å²) in [6.07, 6.45) is -1.94. The molecule has 3 aromatic carbocycles. The molecule has 1 fully saturated rings. The van der Waals surface area contributed by atoms with Crippen LogP contribution in [0.5, 0.6) is 0 Å². The van der Waals surface area contributed by atoms with Crippen LogP contribution in [-0.2, 0) is 23.3 Å². The van der Waals surface area contributed by atoms with Crippen LogP contribution in [0.2, 0.25) is 10.0 Å². The molecule has 1 heterocycles. The second-order valence-electron chi connectivity index (χ2n) is 10.6. The zero-order valence-corrected chi connectivity index (χ0v) is 23.2. The zero-order valence-electron chi connectivity index (χ0n) is 21.6. The summed E-state index contributed by atoms with van der Waals surface area (Å²) in [6.45, 7) is 5.85. The molecule has 0 saturated carbocycles. The minimum Gasteiger partial charge on any atom is -0.465 e. The Morgan fingerprint density at radius 3 is 1.95 bits per heavy atom. The molecule has 4 rings (SSSR count). The number of benzene rings is 3. The van der Waals surface area contributed by atoms with Gasteiger partial charge in [0, 0.05) is 34.0 Å². The second kappa shape index (κ2) is 11.1. The molecular weight excluding hydrogens is 523 g/mol. The number of amides is 2. The number of aliphatic hydroxyl groups is 1. The Morgan fingerprint density at radius 1 is 0.921 bits per heavy atom. The molecule has 0 bridgehead atoms. The number of nitrogens with zero attached hydrogens (tertiary/aromatic N) is 2. The van der Waals surface area contributed by atoms with Crippen molar-refractivity contribution in [1.82, 2.24) is 9.80 Å². The molecular formula is C30H32Cl2N2O4. The first kappa shape index (κ1) is 28.1. The van der Waals surface area contributed by atoms with Crippen LogP contribution in [-0.4, -0.2) is 50.7 Å². The molecule has 2 N–H and O–H groups in total. The molecule has 1 saturated heterocycles. The third-order valence-electron chi connectivity index (χ3n) is 7.23. The van der Waals surface area contributed by atoms with Crippen molar-refractivity contribution < 1.29 is 19.8 Å². The first-order valence-corrected chi connectivity index (χ1v) is 13.3. The van der Waals surface area contributed by atoms with Gasteiger partial charge in [-0.3, -0.25) is 9.69 Å². The van der Waals surface area contributed by atoms with Gasteiger partial charge in [-0.25, -0.2) is 9.69 Å². The van der Waals surface area contributed by atoms with Crippen LogP contribution in [0.3, 0.4) is 0 Å². The third kappa shape index (κ3) is 4.94. The lowest BCUT2D eigenvalue weighted by molar-refractivity contribution is -0.134. The Kier molecular flexibility index (Phi) is 8.19. The van der Waals surface area contributed by atoms with Crippen molar-refractivity contribution in [2.24, 2.45) is 5.41 Å². The van der Waals surface area contributed by atoms with E-state index in [0.717, 1.165) is 16.0 Å². The third-order valence-corrected chi connectivity index (χ3v) is 7.86. The Bertz CT molecular complexity index is 1280. The van der Waals surface area contributed by atoms with Crippen molar-refractivity contribution in [3.8, 4) is 0 Å². The lowest BCUT2D eigenvalue weighted by atomic mass is 9.73. The Hall–Kier alpha value is -2.90. The molecule has 200 valence electrons. The summed E-state index contributed by atoms with van der Waals surface area (Å²) in [5.41, 5.74) is -0.315.